The van der Waals surface area contributed by atoms with Crippen LogP contribution in [0.25, 0.3) is 0 Å². The molecule has 18 heavy (non-hydrogen) atoms. The summed E-state index contributed by atoms with van der Waals surface area (Å²) in [6, 6.07) is 4.37. The highest BCUT2D eigenvalue weighted by molar-refractivity contribution is 9.10. The van der Waals surface area contributed by atoms with E-state index in [-0.39, 0.29) is 10.8 Å². The Morgan fingerprint density at radius 3 is 2.33 bits per heavy atom. The number of amides is 1. The largest absolute Gasteiger partial charge is 0.339 e. The van der Waals surface area contributed by atoms with Crippen molar-refractivity contribution in [1.29, 1.82) is 0 Å². The maximum atomic E-state index is 12.1. The second kappa shape index (κ2) is 5.81. The SMILES string of the molecule is CCN(CC)C(=O)c1ccc(Br)c(S(N)(=O)=O)c1. The Labute approximate surface area is 115 Å². The smallest absolute Gasteiger partial charge is 0.253 e. The fraction of sp³-hybridized carbons (Fsp3) is 0.364. The molecule has 1 aromatic carbocycles. The summed E-state index contributed by atoms with van der Waals surface area (Å²) in [6.07, 6.45) is 0. The predicted octanol–water partition coefficient (Wildman–Crippen LogP) is 1.58. The number of benzene rings is 1. The Morgan fingerprint density at radius 1 is 1.33 bits per heavy atom. The van der Waals surface area contributed by atoms with E-state index in [0.717, 1.165) is 0 Å². The van der Waals surface area contributed by atoms with Gasteiger partial charge in [0.2, 0.25) is 10.0 Å². The van der Waals surface area contributed by atoms with Crippen LogP contribution in [0.1, 0.15) is 24.2 Å². The van der Waals surface area contributed by atoms with Crippen LogP contribution in [-0.2, 0) is 10.0 Å². The fourth-order valence-corrected chi connectivity index (χ4v) is 3.10. The lowest BCUT2D eigenvalue weighted by molar-refractivity contribution is 0.0772. The number of nitrogens with zero attached hydrogens (tertiary/aromatic N) is 1. The van der Waals surface area contributed by atoms with Crippen LogP contribution in [-0.4, -0.2) is 32.3 Å². The molecule has 5 nitrogen and oxygen atoms in total. The maximum Gasteiger partial charge on any atom is 0.253 e. The van der Waals surface area contributed by atoms with Crippen LogP contribution in [0.4, 0.5) is 0 Å². The number of halogens is 1. The van der Waals surface area contributed by atoms with Gasteiger partial charge in [0.15, 0.2) is 0 Å². The monoisotopic (exact) mass is 334 g/mol. The number of nitrogens with two attached hydrogens (primary N) is 1. The summed E-state index contributed by atoms with van der Waals surface area (Å²) in [5, 5.41) is 5.09. The van der Waals surface area contributed by atoms with Gasteiger partial charge in [-0.05, 0) is 48.0 Å². The average Bonchev–Trinajstić information content (AvgIpc) is 2.29. The molecular weight excluding hydrogens is 320 g/mol. The summed E-state index contributed by atoms with van der Waals surface area (Å²) < 4.78 is 23.1. The summed E-state index contributed by atoms with van der Waals surface area (Å²) >= 11 is 3.10. The molecule has 0 radical (unpaired) electrons. The molecule has 0 bridgehead atoms. The standard InChI is InChI=1S/C11H15BrN2O3S/c1-3-14(4-2)11(15)8-5-6-9(12)10(7-8)18(13,16)17/h5-7H,3-4H2,1-2H3,(H2,13,16,17). The van der Waals surface area contributed by atoms with Crippen LogP contribution in [0.3, 0.4) is 0 Å². The van der Waals surface area contributed by atoms with Crippen LogP contribution in [0.15, 0.2) is 27.6 Å². The van der Waals surface area contributed by atoms with E-state index in [1.54, 1.807) is 11.0 Å². The molecule has 100 valence electrons. The molecule has 0 atom stereocenters. The van der Waals surface area contributed by atoms with Gasteiger partial charge in [-0.3, -0.25) is 4.79 Å². The first-order valence-corrected chi connectivity index (χ1v) is 7.76. The van der Waals surface area contributed by atoms with Gasteiger partial charge in [0, 0.05) is 23.1 Å². The van der Waals surface area contributed by atoms with Crippen LogP contribution in [0.2, 0.25) is 0 Å². The molecule has 1 rings (SSSR count). The Balaban J connectivity index is 3.25. The minimum Gasteiger partial charge on any atom is -0.339 e. The second-order valence-corrected chi connectivity index (χ2v) is 6.05. The van der Waals surface area contributed by atoms with Gasteiger partial charge in [0.25, 0.3) is 5.91 Å². The van der Waals surface area contributed by atoms with Gasteiger partial charge in [-0.2, -0.15) is 0 Å². The minimum absolute atomic E-state index is 0.0829. The highest BCUT2D eigenvalue weighted by atomic mass is 79.9. The fourth-order valence-electron chi connectivity index (χ4n) is 1.55. The lowest BCUT2D eigenvalue weighted by Gasteiger charge is -2.19. The number of sulfonamides is 1. The zero-order valence-electron chi connectivity index (χ0n) is 10.2. The number of primary sulfonamides is 1. The summed E-state index contributed by atoms with van der Waals surface area (Å²) in [5.74, 6) is -0.211. The topological polar surface area (TPSA) is 80.5 Å². The first-order chi connectivity index (χ1) is 8.31. The van der Waals surface area contributed by atoms with Crippen molar-refractivity contribution in [2.75, 3.05) is 13.1 Å². The summed E-state index contributed by atoms with van der Waals surface area (Å²) in [6.45, 7) is 4.86. The molecule has 1 aromatic rings. The molecule has 0 saturated carbocycles. The second-order valence-electron chi connectivity index (χ2n) is 3.67. The molecule has 0 unspecified atom stereocenters. The zero-order valence-corrected chi connectivity index (χ0v) is 12.6. The molecule has 0 heterocycles. The molecule has 0 spiro atoms. The zero-order chi connectivity index (χ0) is 13.9. The van der Waals surface area contributed by atoms with Gasteiger partial charge in [-0.15, -0.1) is 0 Å². The molecule has 0 aliphatic heterocycles. The molecule has 0 aliphatic carbocycles. The van der Waals surface area contributed by atoms with Crippen molar-refractivity contribution in [1.82, 2.24) is 4.90 Å². The van der Waals surface area contributed by atoms with Crippen LogP contribution < -0.4 is 5.14 Å². The number of hydrogen-bond acceptors (Lipinski definition) is 3. The van der Waals surface area contributed by atoms with E-state index >= 15 is 0 Å². The van der Waals surface area contributed by atoms with E-state index < -0.39 is 10.0 Å². The van der Waals surface area contributed by atoms with Gasteiger partial charge in [-0.1, -0.05) is 0 Å². The Kier molecular flexibility index (Phi) is 4.89. The number of hydrogen-bond donors (Lipinski definition) is 1. The third kappa shape index (κ3) is 3.30. The first kappa shape index (κ1) is 15.1. The molecule has 0 saturated heterocycles. The van der Waals surface area contributed by atoms with Crippen molar-refractivity contribution in [3.63, 3.8) is 0 Å². The third-order valence-electron chi connectivity index (χ3n) is 2.54. The lowest BCUT2D eigenvalue weighted by Crippen LogP contribution is -2.30. The van der Waals surface area contributed by atoms with Gasteiger partial charge in [0.05, 0.1) is 4.90 Å². The molecule has 0 aliphatic rings. The molecule has 1 amide bonds. The van der Waals surface area contributed by atoms with E-state index in [2.05, 4.69) is 15.9 Å². The predicted molar refractivity (Wildman–Crippen MR) is 72.8 cm³/mol. The van der Waals surface area contributed by atoms with Gasteiger partial charge >= 0.3 is 0 Å². The van der Waals surface area contributed by atoms with Crippen molar-refractivity contribution in [3.8, 4) is 0 Å². The van der Waals surface area contributed by atoms with Gasteiger partial charge in [-0.25, -0.2) is 13.6 Å². The van der Waals surface area contributed by atoms with Crippen molar-refractivity contribution in [2.24, 2.45) is 5.14 Å². The highest BCUT2D eigenvalue weighted by Crippen LogP contribution is 2.22. The van der Waals surface area contributed by atoms with E-state index in [9.17, 15) is 13.2 Å². The van der Waals surface area contributed by atoms with Gasteiger partial charge < -0.3 is 4.90 Å². The van der Waals surface area contributed by atoms with E-state index in [4.69, 9.17) is 5.14 Å². The van der Waals surface area contributed by atoms with E-state index in [0.29, 0.717) is 23.1 Å². The van der Waals surface area contributed by atoms with Gasteiger partial charge in [0.1, 0.15) is 0 Å². The summed E-state index contributed by atoms with van der Waals surface area (Å²) in [7, 11) is -3.85. The Morgan fingerprint density at radius 2 is 1.89 bits per heavy atom. The van der Waals surface area contributed by atoms with Crippen LogP contribution in [0, 0.1) is 0 Å². The molecule has 2 N–H and O–H groups in total. The molecule has 0 aromatic heterocycles. The number of carbonyl (C=O) groups excluding carboxylic acids is 1. The minimum atomic E-state index is -3.85. The molecule has 7 heteroatoms. The van der Waals surface area contributed by atoms with Crippen molar-refractivity contribution >= 4 is 31.9 Å². The van der Waals surface area contributed by atoms with Crippen molar-refractivity contribution in [2.45, 2.75) is 18.7 Å². The quantitative estimate of drug-likeness (QED) is 0.907. The maximum absolute atomic E-state index is 12.1. The number of carbonyl (C=O) groups is 1. The Hall–Kier alpha value is -0.920. The van der Waals surface area contributed by atoms with E-state index in [1.807, 2.05) is 13.8 Å². The van der Waals surface area contributed by atoms with Crippen LogP contribution >= 0.6 is 15.9 Å². The number of rotatable bonds is 4. The third-order valence-corrected chi connectivity index (χ3v) is 4.44. The van der Waals surface area contributed by atoms with Crippen LogP contribution in [0.5, 0.6) is 0 Å². The Bertz CT molecular complexity index is 553. The summed E-state index contributed by atoms with van der Waals surface area (Å²) in [5.41, 5.74) is 0.311. The molecule has 0 fully saturated rings. The normalized spacial score (nSPS) is 11.3. The average molecular weight is 335 g/mol. The highest BCUT2D eigenvalue weighted by Gasteiger charge is 2.18. The van der Waals surface area contributed by atoms with E-state index in [1.165, 1.54) is 12.1 Å². The summed E-state index contributed by atoms with van der Waals surface area (Å²) in [4.78, 5) is 13.6. The first-order valence-electron chi connectivity index (χ1n) is 5.42. The molecular formula is C11H15BrN2O3S. The van der Waals surface area contributed by atoms with Crippen molar-refractivity contribution < 1.29 is 13.2 Å². The van der Waals surface area contributed by atoms with Crippen molar-refractivity contribution in [3.05, 3.63) is 28.2 Å². The lowest BCUT2D eigenvalue weighted by atomic mass is 10.2.